The van der Waals surface area contributed by atoms with Gasteiger partial charge in [-0.3, -0.25) is 0 Å². The second-order valence-corrected chi connectivity index (χ2v) is 8.39. The Morgan fingerprint density at radius 1 is 0.842 bits per heavy atom. The van der Waals surface area contributed by atoms with Crippen molar-refractivity contribution in [2.75, 3.05) is 0 Å². The summed E-state index contributed by atoms with van der Waals surface area (Å²) < 4.78 is 15.2. The van der Waals surface area contributed by atoms with Crippen LogP contribution < -0.4 is 0 Å². The average molecular weight is 270 g/mol. The third-order valence-corrected chi connectivity index (χ3v) is 6.34. The molecule has 0 spiro atoms. The van der Waals surface area contributed by atoms with Crippen LogP contribution in [-0.4, -0.2) is 8.41 Å². The summed E-state index contributed by atoms with van der Waals surface area (Å²) in [6.45, 7) is 3.72. The molecule has 0 heterocycles. The van der Waals surface area contributed by atoms with E-state index >= 15 is 4.11 Å². The number of allylic oxidation sites excluding steroid dienone is 1. The Hall–Kier alpha value is -1.67. The van der Waals surface area contributed by atoms with Gasteiger partial charge in [0, 0.05) is 0 Å². The fourth-order valence-electron chi connectivity index (χ4n) is 2.39. The summed E-state index contributed by atoms with van der Waals surface area (Å²) in [4.78, 5) is 0. The molecule has 0 amide bonds. The SMILES string of the molecule is C=CC[Si](F)(Cc1ccccc1)Cc1ccccc1. The molecule has 2 aromatic carbocycles. The first-order valence-electron chi connectivity index (χ1n) is 6.59. The van der Waals surface area contributed by atoms with Crippen LogP contribution in [0, 0.1) is 0 Å². The summed E-state index contributed by atoms with van der Waals surface area (Å²) in [7, 11) is -2.85. The molecule has 0 aliphatic heterocycles. The van der Waals surface area contributed by atoms with Crippen LogP contribution in [0.4, 0.5) is 4.11 Å². The van der Waals surface area contributed by atoms with Crippen molar-refractivity contribution in [1.82, 2.24) is 0 Å². The third kappa shape index (κ3) is 4.18. The molecule has 98 valence electrons. The van der Waals surface area contributed by atoms with Crippen LogP contribution in [0.5, 0.6) is 0 Å². The van der Waals surface area contributed by atoms with E-state index < -0.39 is 8.41 Å². The van der Waals surface area contributed by atoms with Crippen molar-refractivity contribution in [3.05, 3.63) is 84.4 Å². The van der Waals surface area contributed by atoms with Crippen molar-refractivity contribution in [2.24, 2.45) is 0 Å². The molecule has 19 heavy (non-hydrogen) atoms. The van der Waals surface area contributed by atoms with Crippen molar-refractivity contribution in [3.63, 3.8) is 0 Å². The van der Waals surface area contributed by atoms with Crippen molar-refractivity contribution < 1.29 is 4.11 Å². The molecule has 0 atom stereocenters. The lowest BCUT2D eigenvalue weighted by molar-refractivity contribution is 0.751. The Labute approximate surface area is 115 Å². The van der Waals surface area contributed by atoms with E-state index in [0.717, 1.165) is 11.1 Å². The van der Waals surface area contributed by atoms with Gasteiger partial charge in [-0.2, -0.15) is 0 Å². The summed E-state index contributed by atoms with van der Waals surface area (Å²) in [5.74, 6) is 0. The van der Waals surface area contributed by atoms with E-state index in [1.165, 1.54) is 0 Å². The first-order chi connectivity index (χ1) is 9.22. The fourth-order valence-corrected chi connectivity index (χ4v) is 5.25. The molecule has 2 heteroatoms. The van der Waals surface area contributed by atoms with E-state index in [9.17, 15) is 0 Å². The molecule has 0 saturated carbocycles. The molecule has 0 N–H and O–H groups in total. The van der Waals surface area contributed by atoms with Crippen molar-refractivity contribution >= 4 is 8.41 Å². The maximum absolute atomic E-state index is 15.2. The zero-order valence-electron chi connectivity index (χ0n) is 11.1. The Morgan fingerprint density at radius 2 is 1.26 bits per heavy atom. The maximum Gasteiger partial charge on any atom is 0.259 e. The normalized spacial score (nSPS) is 11.2. The van der Waals surface area contributed by atoms with E-state index in [1.807, 2.05) is 60.7 Å². The highest BCUT2D eigenvalue weighted by Crippen LogP contribution is 2.23. The molecule has 0 aliphatic rings. The lowest BCUT2D eigenvalue weighted by Crippen LogP contribution is -2.35. The Bertz CT molecular complexity index is 466. The molecule has 0 unspecified atom stereocenters. The first-order valence-corrected chi connectivity index (χ1v) is 9.09. The van der Waals surface area contributed by atoms with Crippen LogP contribution in [-0.2, 0) is 12.1 Å². The van der Waals surface area contributed by atoms with Gasteiger partial charge in [-0.15, -0.1) is 6.58 Å². The Kier molecular flexibility index (Phi) is 4.69. The molecule has 2 aromatic rings. The second kappa shape index (κ2) is 6.48. The summed E-state index contributed by atoms with van der Waals surface area (Å²) in [5.41, 5.74) is 2.18. The van der Waals surface area contributed by atoms with Crippen LogP contribution >= 0.6 is 0 Å². The molecule has 0 fully saturated rings. The standard InChI is InChI=1S/C17H19FSi/c1-2-13-19(18,14-16-9-5-3-6-10-16)15-17-11-7-4-8-12-17/h2-12H,1,13-15H2. The van der Waals surface area contributed by atoms with E-state index in [1.54, 1.807) is 6.08 Å². The topological polar surface area (TPSA) is 0 Å². The van der Waals surface area contributed by atoms with Crippen molar-refractivity contribution in [1.29, 1.82) is 0 Å². The van der Waals surface area contributed by atoms with Gasteiger partial charge in [0.1, 0.15) is 0 Å². The predicted molar refractivity (Wildman–Crippen MR) is 82.2 cm³/mol. The molecule has 0 saturated heterocycles. The number of benzene rings is 2. The molecular weight excluding hydrogens is 251 g/mol. The van der Waals surface area contributed by atoms with E-state index in [0.29, 0.717) is 18.1 Å². The van der Waals surface area contributed by atoms with Gasteiger partial charge in [0.25, 0.3) is 8.41 Å². The highest BCUT2D eigenvalue weighted by molar-refractivity contribution is 6.72. The van der Waals surface area contributed by atoms with Crippen molar-refractivity contribution in [2.45, 2.75) is 18.1 Å². The number of rotatable bonds is 6. The lowest BCUT2D eigenvalue weighted by Gasteiger charge is -2.21. The van der Waals surface area contributed by atoms with E-state index in [4.69, 9.17) is 0 Å². The highest BCUT2D eigenvalue weighted by atomic mass is 28.4. The van der Waals surface area contributed by atoms with Gasteiger partial charge in [0.15, 0.2) is 0 Å². The molecule has 0 aromatic heterocycles. The molecular formula is C17H19FSi. The van der Waals surface area contributed by atoms with Crippen LogP contribution in [0.25, 0.3) is 0 Å². The highest BCUT2D eigenvalue weighted by Gasteiger charge is 2.33. The van der Waals surface area contributed by atoms with Crippen LogP contribution in [0.2, 0.25) is 6.04 Å². The smallest absolute Gasteiger partial charge is 0.259 e. The minimum absolute atomic E-state index is 0.511. The molecule has 0 nitrogen and oxygen atoms in total. The summed E-state index contributed by atoms with van der Waals surface area (Å²) >= 11 is 0. The number of hydrogen-bond acceptors (Lipinski definition) is 0. The van der Waals surface area contributed by atoms with E-state index in [-0.39, 0.29) is 0 Å². The van der Waals surface area contributed by atoms with Gasteiger partial charge in [-0.05, 0) is 29.3 Å². The Morgan fingerprint density at radius 3 is 1.63 bits per heavy atom. The summed E-state index contributed by atoms with van der Waals surface area (Å²) in [6.07, 6.45) is 1.73. The Balaban J connectivity index is 2.15. The molecule has 2 rings (SSSR count). The number of hydrogen-bond donors (Lipinski definition) is 0. The average Bonchev–Trinajstić information content (AvgIpc) is 2.41. The molecule has 0 aliphatic carbocycles. The minimum atomic E-state index is -2.85. The van der Waals surface area contributed by atoms with E-state index in [2.05, 4.69) is 6.58 Å². The van der Waals surface area contributed by atoms with Gasteiger partial charge >= 0.3 is 0 Å². The van der Waals surface area contributed by atoms with Crippen LogP contribution in [0.15, 0.2) is 73.3 Å². The fraction of sp³-hybridized carbons (Fsp3) is 0.176. The minimum Gasteiger partial charge on any atom is -0.313 e. The van der Waals surface area contributed by atoms with Gasteiger partial charge in [0.05, 0.1) is 0 Å². The molecule has 0 radical (unpaired) electrons. The summed E-state index contributed by atoms with van der Waals surface area (Å²) in [6, 6.07) is 21.5. The first kappa shape index (κ1) is 13.8. The van der Waals surface area contributed by atoms with Crippen LogP contribution in [0.3, 0.4) is 0 Å². The predicted octanol–water partition coefficient (Wildman–Crippen LogP) is 4.65. The second-order valence-electron chi connectivity index (χ2n) is 4.97. The van der Waals surface area contributed by atoms with Gasteiger partial charge in [-0.1, -0.05) is 66.7 Å². The summed E-state index contributed by atoms with van der Waals surface area (Å²) in [5, 5.41) is 0. The zero-order chi connectivity index (χ0) is 13.6. The lowest BCUT2D eigenvalue weighted by atomic mass is 10.2. The van der Waals surface area contributed by atoms with Crippen LogP contribution in [0.1, 0.15) is 11.1 Å². The maximum atomic E-state index is 15.2. The largest absolute Gasteiger partial charge is 0.313 e. The van der Waals surface area contributed by atoms with Crippen molar-refractivity contribution in [3.8, 4) is 0 Å². The van der Waals surface area contributed by atoms with Gasteiger partial charge in [-0.25, -0.2) is 0 Å². The number of halogens is 1. The van der Waals surface area contributed by atoms with Gasteiger partial charge < -0.3 is 4.11 Å². The molecule has 0 bridgehead atoms. The monoisotopic (exact) mass is 270 g/mol. The zero-order valence-corrected chi connectivity index (χ0v) is 12.1. The quantitative estimate of drug-likeness (QED) is 0.407. The van der Waals surface area contributed by atoms with Gasteiger partial charge in [0.2, 0.25) is 0 Å². The third-order valence-electron chi connectivity index (χ3n) is 3.24.